The molecule has 1 fully saturated rings. The zero-order chi connectivity index (χ0) is 16.0. The van der Waals surface area contributed by atoms with E-state index in [1.807, 2.05) is 6.07 Å². The van der Waals surface area contributed by atoms with Crippen molar-refractivity contribution in [3.05, 3.63) is 17.7 Å². The number of rotatable bonds is 2. The van der Waals surface area contributed by atoms with Crippen molar-refractivity contribution >= 4 is 21.4 Å². The molecule has 1 aromatic carbocycles. The Balaban J connectivity index is 2.48. The predicted octanol–water partition coefficient (Wildman–Crippen LogP) is 0.755. The third-order valence-electron chi connectivity index (χ3n) is 4.32. The summed E-state index contributed by atoms with van der Waals surface area (Å²) >= 11 is 0. The summed E-state index contributed by atoms with van der Waals surface area (Å²) in [6, 6.07) is 3.25. The number of benzene rings is 1. The summed E-state index contributed by atoms with van der Waals surface area (Å²) in [7, 11) is -1.68. The maximum Gasteiger partial charge on any atom is 0.238 e. The maximum absolute atomic E-state index is 11.7. The average molecular weight is 312 g/mol. The van der Waals surface area contributed by atoms with Gasteiger partial charge in [-0.3, -0.25) is 4.90 Å². The van der Waals surface area contributed by atoms with E-state index in [1.165, 1.54) is 6.07 Å². The lowest BCUT2D eigenvalue weighted by Crippen LogP contribution is -2.57. The summed E-state index contributed by atoms with van der Waals surface area (Å²) in [4.78, 5) is 4.58. The summed E-state index contributed by atoms with van der Waals surface area (Å²) < 4.78 is 23.4. The highest BCUT2D eigenvalue weighted by Crippen LogP contribution is 2.32. The molecule has 0 saturated carbocycles. The first kappa shape index (κ1) is 16.1. The molecule has 0 amide bonds. The molecule has 1 aliphatic rings. The van der Waals surface area contributed by atoms with E-state index in [1.54, 1.807) is 6.92 Å². The first-order chi connectivity index (χ1) is 9.52. The second-order valence-corrected chi connectivity index (χ2v) is 7.89. The molecule has 0 spiro atoms. The largest absolute Gasteiger partial charge is 0.399 e. The van der Waals surface area contributed by atoms with E-state index in [9.17, 15) is 8.42 Å². The Hall–Kier alpha value is -1.31. The van der Waals surface area contributed by atoms with Gasteiger partial charge in [-0.2, -0.15) is 0 Å². The number of primary sulfonamides is 1. The van der Waals surface area contributed by atoms with Gasteiger partial charge < -0.3 is 10.6 Å². The number of nitrogens with zero attached hydrogens (tertiary/aromatic N) is 2. The Labute approximate surface area is 126 Å². The highest BCUT2D eigenvalue weighted by molar-refractivity contribution is 7.89. The number of sulfonamides is 1. The molecule has 0 bridgehead atoms. The highest BCUT2D eigenvalue weighted by Gasteiger charge is 2.32. The van der Waals surface area contributed by atoms with Crippen LogP contribution < -0.4 is 15.8 Å². The molecule has 21 heavy (non-hydrogen) atoms. The lowest BCUT2D eigenvalue weighted by Gasteiger charge is -2.46. The summed E-state index contributed by atoms with van der Waals surface area (Å²) in [6.07, 6.45) is 0. The SMILES string of the molecule is Cc1c(N2CCN(C)C(C)(C)C2)cc(N)cc1S(N)(=O)=O. The normalized spacial score (nSPS) is 19.8. The predicted molar refractivity (Wildman–Crippen MR) is 85.9 cm³/mol. The molecule has 0 aliphatic carbocycles. The molecule has 118 valence electrons. The van der Waals surface area contributed by atoms with Crippen LogP contribution in [0.3, 0.4) is 0 Å². The first-order valence-electron chi connectivity index (χ1n) is 6.91. The van der Waals surface area contributed by atoms with E-state index in [0.29, 0.717) is 11.3 Å². The van der Waals surface area contributed by atoms with E-state index >= 15 is 0 Å². The first-order valence-corrected chi connectivity index (χ1v) is 8.46. The summed E-state index contributed by atoms with van der Waals surface area (Å²) in [6.45, 7) is 8.65. The van der Waals surface area contributed by atoms with Crippen LogP contribution in [-0.4, -0.2) is 45.5 Å². The minimum absolute atomic E-state index is 0.0110. The van der Waals surface area contributed by atoms with Gasteiger partial charge in [-0.05, 0) is 45.5 Å². The van der Waals surface area contributed by atoms with Gasteiger partial charge in [-0.15, -0.1) is 0 Å². The van der Waals surface area contributed by atoms with Crippen molar-refractivity contribution in [1.29, 1.82) is 0 Å². The molecule has 0 atom stereocenters. The van der Waals surface area contributed by atoms with Crippen LogP contribution in [0.4, 0.5) is 11.4 Å². The van der Waals surface area contributed by atoms with Crippen LogP contribution in [-0.2, 0) is 10.0 Å². The maximum atomic E-state index is 11.7. The zero-order valence-electron chi connectivity index (χ0n) is 13.0. The summed E-state index contributed by atoms with van der Waals surface area (Å²) in [5, 5.41) is 5.29. The number of anilines is 2. The van der Waals surface area contributed by atoms with E-state index in [-0.39, 0.29) is 10.4 Å². The van der Waals surface area contributed by atoms with Crippen LogP contribution in [0.15, 0.2) is 17.0 Å². The number of nitrogen functional groups attached to an aromatic ring is 1. The third kappa shape index (κ3) is 3.14. The lowest BCUT2D eigenvalue weighted by atomic mass is 9.98. The van der Waals surface area contributed by atoms with Gasteiger partial charge in [-0.1, -0.05) is 0 Å². The number of piperazine rings is 1. The summed E-state index contributed by atoms with van der Waals surface area (Å²) in [5.41, 5.74) is 7.80. The number of nitrogens with two attached hydrogens (primary N) is 2. The van der Waals surface area contributed by atoms with Gasteiger partial charge >= 0.3 is 0 Å². The van der Waals surface area contributed by atoms with Crippen molar-refractivity contribution in [2.24, 2.45) is 5.14 Å². The van der Waals surface area contributed by atoms with E-state index in [2.05, 4.69) is 30.7 Å². The van der Waals surface area contributed by atoms with Crippen LogP contribution in [0.25, 0.3) is 0 Å². The number of hydrogen-bond acceptors (Lipinski definition) is 5. The van der Waals surface area contributed by atoms with Crippen LogP contribution in [0.1, 0.15) is 19.4 Å². The average Bonchev–Trinajstić information content (AvgIpc) is 2.34. The third-order valence-corrected chi connectivity index (χ3v) is 5.36. The molecule has 4 N–H and O–H groups in total. The monoisotopic (exact) mass is 312 g/mol. The van der Waals surface area contributed by atoms with Gasteiger partial charge in [0.15, 0.2) is 0 Å². The van der Waals surface area contributed by atoms with Crippen molar-refractivity contribution in [2.75, 3.05) is 37.3 Å². The van der Waals surface area contributed by atoms with Crippen molar-refractivity contribution in [2.45, 2.75) is 31.2 Å². The molecule has 0 aromatic heterocycles. The fraction of sp³-hybridized carbons (Fsp3) is 0.571. The van der Waals surface area contributed by atoms with Crippen LogP contribution in [0.2, 0.25) is 0 Å². The molecule has 1 aromatic rings. The van der Waals surface area contributed by atoms with Gasteiger partial charge in [-0.25, -0.2) is 13.6 Å². The Morgan fingerprint density at radius 2 is 1.86 bits per heavy atom. The quantitative estimate of drug-likeness (QED) is 0.786. The van der Waals surface area contributed by atoms with Gasteiger partial charge in [0.1, 0.15) is 0 Å². The molecular weight excluding hydrogens is 288 g/mol. The molecule has 0 radical (unpaired) electrons. The van der Waals surface area contributed by atoms with Gasteiger partial charge in [0, 0.05) is 36.5 Å². The van der Waals surface area contributed by atoms with Crippen molar-refractivity contribution in [3.8, 4) is 0 Å². The van der Waals surface area contributed by atoms with E-state index in [0.717, 1.165) is 25.3 Å². The van der Waals surface area contributed by atoms with E-state index < -0.39 is 10.0 Å². The van der Waals surface area contributed by atoms with Crippen molar-refractivity contribution < 1.29 is 8.42 Å². The Kier molecular flexibility index (Phi) is 3.94. The van der Waals surface area contributed by atoms with Gasteiger partial charge in [0.25, 0.3) is 0 Å². The Bertz CT molecular complexity index is 655. The number of hydrogen-bond donors (Lipinski definition) is 2. The summed E-state index contributed by atoms with van der Waals surface area (Å²) in [5.74, 6) is 0. The molecule has 6 nitrogen and oxygen atoms in total. The minimum Gasteiger partial charge on any atom is -0.399 e. The van der Waals surface area contributed by atoms with Crippen molar-refractivity contribution in [1.82, 2.24) is 4.90 Å². The molecule has 1 heterocycles. The molecule has 2 rings (SSSR count). The van der Waals surface area contributed by atoms with Gasteiger partial charge in [0.2, 0.25) is 10.0 Å². The number of likely N-dealkylation sites (N-methyl/N-ethyl adjacent to an activating group) is 1. The lowest BCUT2D eigenvalue weighted by molar-refractivity contribution is 0.139. The van der Waals surface area contributed by atoms with Gasteiger partial charge in [0.05, 0.1) is 4.90 Å². The Morgan fingerprint density at radius 1 is 1.24 bits per heavy atom. The van der Waals surface area contributed by atoms with Crippen LogP contribution >= 0.6 is 0 Å². The topological polar surface area (TPSA) is 92.7 Å². The second-order valence-electron chi connectivity index (χ2n) is 6.36. The standard InChI is InChI=1S/C14H24N4O2S/c1-10-12(7-11(15)8-13(10)21(16,19)20)18-6-5-17(4)14(2,3)9-18/h7-8H,5-6,9,15H2,1-4H3,(H2,16,19,20). The smallest absolute Gasteiger partial charge is 0.238 e. The second kappa shape index (κ2) is 5.15. The zero-order valence-corrected chi connectivity index (χ0v) is 13.9. The molecule has 0 unspecified atom stereocenters. The fourth-order valence-electron chi connectivity index (χ4n) is 2.76. The molecule has 1 aliphatic heterocycles. The molecular formula is C14H24N4O2S. The molecule has 7 heteroatoms. The Morgan fingerprint density at radius 3 is 2.38 bits per heavy atom. The highest BCUT2D eigenvalue weighted by atomic mass is 32.2. The minimum atomic E-state index is -3.77. The molecule has 1 saturated heterocycles. The van der Waals surface area contributed by atoms with Crippen molar-refractivity contribution in [3.63, 3.8) is 0 Å². The van der Waals surface area contributed by atoms with E-state index in [4.69, 9.17) is 10.9 Å². The van der Waals surface area contributed by atoms with Crippen LogP contribution in [0.5, 0.6) is 0 Å². The van der Waals surface area contributed by atoms with Crippen LogP contribution in [0, 0.1) is 6.92 Å². The fourth-order valence-corrected chi connectivity index (χ4v) is 3.60.